The van der Waals surface area contributed by atoms with Crippen molar-refractivity contribution in [2.45, 2.75) is 19.4 Å². The van der Waals surface area contributed by atoms with Crippen LogP contribution in [0.5, 0.6) is 0 Å². The highest BCUT2D eigenvalue weighted by Crippen LogP contribution is 2.12. The standard InChI is InChI=1S/C15H19N3O2/c1-2-13-15(20)17-8-9-18(13)14(19)7-6-11-4-3-5-12(16)10-11/h3-7,10,13H,2,8-9,16H2,1H3,(H,17,20)/b7-6+. The molecule has 1 heterocycles. The third-order valence-electron chi connectivity index (χ3n) is 3.33. The third-order valence-corrected chi connectivity index (χ3v) is 3.33. The summed E-state index contributed by atoms with van der Waals surface area (Å²) in [5.41, 5.74) is 7.21. The zero-order valence-corrected chi connectivity index (χ0v) is 11.5. The maximum atomic E-state index is 12.2. The van der Waals surface area contributed by atoms with Gasteiger partial charge in [0.05, 0.1) is 0 Å². The molecule has 0 spiro atoms. The molecule has 0 aliphatic carbocycles. The normalized spacial score (nSPS) is 19.1. The van der Waals surface area contributed by atoms with Crippen LogP contribution in [0.2, 0.25) is 0 Å². The summed E-state index contributed by atoms with van der Waals surface area (Å²) in [6.45, 7) is 2.95. The number of hydrogen-bond donors (Lipinski definition) is 2. The molecule has 0 aromatic heterocycles. The van der Waals surface area contributed by atoms with Crippen LogP contribution in [0.1, 0.15) is 18.9 Å². The van der Waals surface area contributed by atoms with Crippen LogP contribution < -0.4 is 11.1 Å². The van der Waals surface area contributed by atoms with Gasteiger partial charge in [0.1, 0.15) is 6.04 Å². The SMILES string of the molecule is CCC1C(=O)NCCN1C(=O)/C=C/c1cccc(N)c1. The van der Waals surface area contributed by atoms with Crippen molar-refractivity contribution in [3.05, 3.63) is 35.9 Å². The van der Waals surface area contributed by atoms with Crippen LogP contribution in [0.3, 0.4) is 0 Å². The van der Waals surface area contributed by atoms with Crippen molar-refractivity contribution in [1.82, 2.24) is 10.2 Å². The van der Waals surface area contributed by atoms with Crippen LogP contribution in [0.4, 0.5) is 5.69 Å². The Bertz CT molecular complexity index is 540. The molecule has 0 radical (unpaired) electrons. The van der Waals surface area contributed by atoms with Crippen LogP contribution in [-0.2, 0) is 9.59 Å². The summed E-state index contributed by atoms with van der Waals surface area (Å²) < 4.78 is 0. The molecule has 1 saturated heterocycles. The molecule has 1 atom stereocenters. The number of rotatable bonds is 3. The van der Waals surface area contributed by atoms with Crippen LogP contribution in [-0.4, -0.2) is 35.8 Å². The Morgan fingerprint density at radius 1 is 1.55 bits per heavy atom. The molecule has 3 N–H and O–H groups in total. The molecule has 5 nitrogen and oxygen atoms in total. The third kappa shape index (κ3) is 3.17. The molecule has 1 aliphatic rings. The van der Waals surface area contributed by atoms with Crippen LogP contribution in [0, 0.1) is 0 Å². The summed E-state index contributed by atoms with van der Waals surface area (Å²) in [6, 6.07) is 6.93. The molecule has 1 aliphatic heterocycles. The fourth-order valence-electron chi connectivity index (χ4n) is 2.31. The van der Waals surface area contributed by atoms with Crippen molar-refractivity contribution in [3.8, 4) is 0 Å². The molecule has 2 rings (SSSR count). The van der Waals surface area contributed by atoms with Gasteiger partial charge in [-0.2, -0.15) is 0 Å². The Morgan fingerprint density at radius 2 is 2.35 bits per heavy atom. The number of piperazine rings is 1. The van der Waals surface area contributed by atoms with Crippen LogP contribution >= 0.6 is 0 Å². The summed E-state index contributed by atoms with van der Waals surface area (Å²) in [7, 11) is 0. The number of anilines is 1. The average molecular weight is 273 g/mol. The maximum Gasteiger partial charge on any atom is 0.247 e. The van der Waals surface area contributed by atoms with E-state index in [-0.39, 0.29) is 17.9 Å². The lowest BCUT2D eigenvalue weighted by molar-refractivity contribution is -0.140. The topological polar surface area (TPSA) is 75.4 Å². The zero-order valence-electron chi connectivity index (χ0n) is 11.5. The minimum Gasteiger partial charge on any atom is -0.399 e. The van der Waals surface area contributed by atoms with E-state index in [1.54, 1.807) is 23.1 Å². The first-order valence-corrected chi connectivity index (χ1v) is 6.73. The highest BCUT2D eigenvalue weighted by atomic mass is 16.2. The average Bonchev–Trinajstić information content (AvgIpc) is 2.44. The Kier molecular flexibility index (Phi) is 4.40. The number of benzene rings is 1. The molecule has 5 heteroatoms. The Morgan fingerprint density at radius 3 is 3.05 bits per heavy atom. The largest absolute Gasteiger partial charge is 0.399 e. The summed E-state index contributed by atoms with van der Waals surface area (Å²) in [5.74, 6) is -0.224. The van der Waals surface area contributed by atoms with E-state index in [4.69, 9.17) is 5.73 Å². The van der Waals surface area contributed by atoms with Gasteiger partial charge in [0.15, 0.2) is 0 Å². The summed E-state index contributed by atoms with van der Waals surface area (Å²) in [6.07, 6.45) is 3.83. The quantitative estimate of drug-likeness (QED) is 0.637. The first kappa shape index (κ1) is 14.1. The van der Waals surface area contributed by atoms with Crippen molar-refractivity contribution in [2.75, 3.05) is 18.8 Å². The molecule has 1 aromatic rings. The molecule has 0 saturated carbocycles. The van der Waals surface area contributed by atoms with Crippen molar-refractivity contribution in [1.29, 1.82) is 0 Å². The zero-order chi connectivity index (χ0) is 14.5. The van der Waals surface area contributed by atoms with Crippen molar-refractivity contribution in [3.63, 3.8) is 0 Å². The van der Waals surface area contributed by atoms with E-state index >= 15 is 0 Å². The molecule has 2 amide bonds. The van der Waals surface area contributed by atoms with E-state index < -0.39 is 0 Å². The van der Waals surface area contributed by atoms with E-state index in [0.29, 0.717) is 25.2 Å². The summed E-state index contributed by atoms with van der Waals surface area (Å²) in [4.78, 5) is 25.5. The predicted molar refractivity (Wildman–Crippen MR) is 78.7 cm³/mol. The number of nitrogens with two attached hydrogens (primary N) is 1. The van der Waals surface area contributed by atoms with E-state index in [9.17, 15) is 9.59 Å². The Hall–Kier alpha value is -2.30. The number of nitrogens with one attached hydrogen (secondary N) is 1. The number of carbonyl (C=O) groups is 2. The van der Waals surface area contributed by atoms with Gasteiger partial charge in [0.25, 0.3) is 0 Å². The first-order chi connectivity index (χ1) is 9.61. The second-order valence-corrected chi connectivity index (χ2v) is 4.75. The van der Waals surface area contributed by atoms with Gasteiger partial charge in [-0.15, -0.1) is 0 Å². The van der Waals surface area contributed by atoms with Gasteiger partial charge in [-0.3, -0.25) is 9.59 Å². The van der Waals surface area contributed by atoms with Crippen LogP contribution in [0.15, 0.2) is 30.3 Å². The fourth-order valence-corrected chi connectivity index (χ4v) is 2.31. The highest BCUT2D eigenvalue weighted by Gasteiger charge is 2.30. The lowest BCUT2D eigenvalue weighted by Crippen LogP contribution is -2.56. The molecular weight excluding hydrogens is 254 g/mol. The molecule has 0 bridgehead atoms. The summed E-state index contributed by atoms with van der Waals surface area (Å²) in [5, 5.41) is 2.78. The van der Waals surface area contributed by atoms with E-state index in [1.807, 2.05) is 19.1 Å². The number of hydrogen-bond acceptors (Lipinski definition) is 3. The monoisotopic (exact) mass is 273 g/mol. The molecule has 1 fully saturated rings. The molecule has 1 aromatic carbocycles. The Balaban J connectivity index is 2.09. The van der Waals surface area contributed by atoms with E-state index in [2.05, 4.69) is 5.32 Å². The lowest BCUT2D eigenvalue weighted by atomic mass is 10.1. The predicted octanol–water partition coefficient (Wildman–Crippen LogP) is 1.02. The van der Waals surface area contributed by atoms with Gasteiger partial charge < -0.3 is 16.0 Å². The number of amides is 2. The summed E-state index contributed by atoms with van der Waals surface area (Å²) >= 11 is 0. The molecule has 106 valence electrons. The first-order valence-electron chi connectivity index (χ1n) is 6.73. The van der Waals surface area contributed by atoms with Gasteiger partial charge in [-0.05, 0) is 30.2 Å². The van der Waals surface area contributed by atoms with Gasteiger partial charge in [0, 0.05) is 24.9 Å². The number of carbonyl (C=O) groups excluding carboxylic acids is 2. The van der Waals surface area contributed by atoms with Crippen molar-refractivity contribution < 1.29 is 9.59 Å². The van der Waals surface area contributed by atoms with Gasteiger partial charge in [0.2, 0.25) is 11.8 Å². The Labute approximate surface area is 118 Å². The molecule has 1 unspecified atom stereocenters. The van der Waals surface area contributed by atoms with Gasteiger partial charge >= 0.3 is 0 Å². The molecule has 20 heavy (non-hydrogen) atoms. The minimum absolute atomic E-state index is 0.0792. The van der Waals surface area contributed by atoms with Crippen LogP contribution in [0.25, 0.3) is 6.08 Å². The van der Waals surface area contributed by atoms with Crippen molar-refractivity contribution in [2.24, 2.45) is 0 Å². The fraction of sp³-hybridized carbons (Fsp3) is 0.333. The maximum absolute atomic E-state index is 12.2. The second-order valence-electron chi connectivity index (χ2n) is 4.75. The lowest BCUT2D eigenvalue weighted by Gasteiger charge is -2.33. The van der Waals surface area contributed by atoms with Gasteiger partial charge in [-0.25, -0.2) is 0 Å². The van der Waals surface area contributed by atoms with E-state index in [1.165, 1.54) is 6.08 Å². The molecular formula is C15H19N3O2. The minimum atomic E-state index is -0.373. The number of nitrogen functional groups attached to an aromatic ring is 1. The number of nitrogens with zero attached hydrogens (tertiary/aromatic N) is 1. The smallest absolute Gasteiger partial charge is 0.247 e. The van der Waals surface area contributed by atoms with Gasteiger partial charge in [-0.1, -0.05) is 19.1 Å². The highest BCUT2D eigenvalue weighted by molar-refractivity contribution is 5.96. The van der Waals surface area contributed by atoms with E-state index in [0.717, 1.165) is 5.56 Å². The van der Waals surface area contributed by atoms with Crippen molar-refractivity contribution >= 4 is 23.6 Å². The second kappa shape index (κ2) is 6.23.